The first-order chi connectivity index (χ1) is 11.7. The van der Waals surface area contributed by atoms with Gasteiger partial charge in [-0.25, -0.2) is 4.39 Å². The Bertz CT molecular complexity index is 653. The van der Waals surface area contributed by atoms with E-state index in [1.807, 2.05) is 40.0 Å². The number of benzene rings is 1. The molecule has 1 saturated carbocycles. The van der Waals surface area contributed by atoms with Gasteiger partial charge in [0.15, 0.2) is 5.96 Å². The van der Waals surface area contributed by atoms with Crippen LogP contribution in [-0.2, 0) is 10.2 Å². The van der Waals surface area contributed by atoms with E-state index in [0.717, 1.165) is 18.4 Å². The maximum atomic E-state index is 14.1. The summed E-state index contributed by atoms with van der Waals surface area (Å²) in [4.78, 5) is 18.1. The molecule has 0 aliphatic heterocycles. The number of carbonyl (C=O) groups excluding carboxylic acids is 1. The van der Waals surface area contributed by atoms with Gasteiger partial charge in [-0.05, 0) is 45.2 Å². The van der Waals surface area contributed by atoms with Crippen LogP contribution in [0.2, 0.25) is 0 Å². The number of guanidine groups is 1. The molecular weight excluding hydrogens is 446 g/mol. The second-order valence-electron chi connectivity index (χ2n) is 7.82. The molecule has 1 aliphatic carbocycles. The number of hydrogen-bond acceptors (Lipinski definition) is 2. The zero-order valence-electron chi connectivity index (χ0n) is 16.2. The molecule has 0 spiro atoms. The fraction of sp³-hybridized carbons (Fsp3) is 0.579. The standard InChI is InChI=1S/C19H29FN4O.HI/c1-18(2,3)23-16(25)12-24(5)17(21-4)22-13-19(10-11-19)14-8-6-7-9-15(14)20;/h6-9H,10-13H2,1-5H3,(H,21,22)(H,23,25);1H. The molecule has 2 rings (SSSR count). The van der Waals surface area contributed by atoms with Gasteiger partial charge >= 0.3 is 0 Å². The number of likely N-dealkylation sites (N-methyl/N-ethyl adjacent to an activating group) is 1. The van der Waals surface area contributed by atoms with Crippen LogP contribution in [-0.4, -0.2) is 49.5 Å². The van der Waals surface area contributed by atoms with Crippen LogP contribution in [0.5, 0.6) is 0 Å². The SMILES string of the molecule is CN=C(NCC1(c2ccccc2F)CC1)N(C)CC(=O)NC(C)(C)C.I. The van der Waals surface area contributed by atoms with E-state index in [0.29, 0.717) is 12.5 Å². The summed E-state index contributed by atoms with van der Waals surface area (Å²) in [5.74, 6) is 0.412. The van der Waals surface area contributed by atoms with Crippen molar-refractivity contribution in [2.75, 3.05) is 27.2 Å². The van der Waals surface area contributed by atoms with Gasteiger partial charge in [-0.3, -0.25) is 9.79 Å². The van der Waals surface area contributed by atoms with E-state index in [4.69, 9.17) is 0 Å². The lowest BCUT2D eigenvalue weighted by Crippen LogP contribution is -2.49. The number of hydrogen-bond donors (Lipinski definition) is 2. The number of nitrogens with zero attached hydrogens (tertiary/aromatic N) is 2. The molecule has 146 valence electrons. The number of nitrogens with one attached hydrogen (secondary N) is 2. The zero-order chi connectivity index (χ0) is 18.7. The van der Waals surface area contributed by atoms with E-state index < -0.39 is 0 Å². The molecule has 1 aromatic rings. The predicted octanol–water partition coefficient (Wildman–Crippen LogP) is 2.90. The van der Waals surface area contributed by atoms with Gasteiger partial charge in [0.25, 0.3) is 0 Å². The second-order valence-corrected chi connectivity index (χ2v) is 7.82. The maximum absolute atomic E-state index is 14.1. The highest BCUT2D eigenvalue weighted by molar-refractivity contribution is 14.0. The molecule has 2 N–H and O–H groups in total. The van der Waals surface area contributed by atoms with Crippen molar-refractivity contribution in [1.29, 1.82) is 0 Å². The number of carbonyl (C=O) groups is 1. The van der Waals surface area contributed by atoms with Gasteiger partial charge < -0.3 is 15.5 Å². The minimum atomic E-state index is -0.266. The largest absolute Gasteiger partial charge is 0.355 e. The van der Waals surface area contributed by atoms with Crippen LogP contribution in [0.15, 0.2) is 29.3 Å². The number of amides is 1. The summed E-state index contributed by atoms with van der Waals surface area (Å²) in [5, 5.41) is 6.23. The molecule has 1 aliphatic rings. The van der Waals surface area contributed by atoms with Crippen LogP contribution >= 0.6 is 24.0 Å². The van der Waals surface area contributed by atoms with Crippen LogP contribution in [0.25, 0.3) is 0 Å². The third-order valence-electron chi connectivity index (χ3n) is 4.35. The Labute approximate surface area is 172 Å². The van der Waals surface area contributed by atoms with Crippen molar-refractivity contribution in [2.24, 2.45) is 4.99 Å². The number of aliphatic imine (C=N–C) groups is 1. The van der Waals surface area contributed by atoms with Crippen LogP contribution in [0, 0.1) is 5.82 Å². The van der Waals surface area contributed by atoms with Crippen molar-refractivity contribution in [3.8, 4) is 0 Å². The summed E-state index contributed by atoms with van der Waals surface area (Å²) in [5.41, 5.74) is 0.319. The van der Waals surface area contributed by atoms with E-state index >= 15 is 0 Å². The molecule has 0 aromatic heterocycles. The van der Waals surface area contributed by atoms with E-state index in [1.165, 1.54) is 6.07 Å². The van der Waals surface area contributed by atoms with E-state index in [-0.39, 0.29) is 53.2 Å². The fourth-order valence-electron chi connectivity index (χ4n) is 2.96. The van der Waals surface area contributed by atoms with Crippen molar-refractivity contribution in [2.45, 2.75) is 44.6 Å². The van der Waals surface area contributed by atoms with Crippen molar-refractivity contribution < 1.29 is 9.18 Å². The summed E-state index contributed by atoms with van der Waals surface area (Å²) < 4.78 is 14.1. The Morgan fingerprint density at radius 1 is 1.31 bits per heavy atom. The van der Waals surface area contributed by atoms with E-state index in [1.54, 1.807) is 18.0 Å². The van der Waals surface area contributed by atoms with Crippen LogP contribution < -0.4 is 10.6 Å². The Morgan fingerprint density at radius 3 is 2.42 bits per heavy atom. The van der Waals surface area contributed by atoms with Gasteiger partial charge in [0, 0.05) is 31.6 Å². The van der Waals surface area contributed by atoms with Crippen molar-refractivity contribution in [3.63, 3.8) is 0 Å². The molecule has 5 nitrogen and oxygen atoms in total. The van der Waals surface area contributed by atoms with Crippen LogP contribution in [0.3, 0.4) is 0 Å². The van der Waals surface area contributed by atoms with Gasteiger partial charge in [-0.2, -0.15) is 0 Å². The lowest BCUT2D eigenvalue weighted by molar-refractivity contribution is -0.122. The van der Waals surface area contributed by atoms with E-state index in [2.05, 4.69) is 15.6 Å². The molecule has 26 heavy (non-hydrogen) atoms. The topological polar surface area (TPSA) is 56.7 Å². The molecule has 0 atom stereocenters. The van der Waals surface area contributed by atoms with Gasteiger partial charge in [-0.15, -0.1) is 24.0 Å². The predicted molar refractivity (Wildman–Crippen MR) is 115 cm³/mol. The molecule has 0 heterocycles. The maximum Gasteiger partial charge on any atom is 0.240 e. The highest BCUT2D eigenvalue weighted by Gasteiger charge is 2.45. The number of rotatable bonds is 5. The molecule has 7 heteroatoms. The fourth-order valence-corrected chi connectivity index (χ4v) is 2.96. The number of halogens is 2. The van der Waals surface area contributed by atoms with Crippen molar-refractivity contribution >= 4 is 35.8 Å². The lowest BCUT2D eigenvalue weighted by atomic mass is 9.95. The average Bonchev–Trinajstić information content (AvgIpc) is 3.27. The van der Waals surface area contributed by atoms with E-state index in [9.17, 15) is 9.18 Å². The van der Waals surface area contributed by atoms with Gasteiger partial charge in [0.05, 0.1) is 6.54 Å². The van der Waals surface area contributed by atoms with Gasteiger partial charge in [-0.1, -0.05) is 18.2 Å². The summed E-state index contributed by atoms with van der Waals surface area (Å²) in [6.45, 7) is 6.66. The normalized spacial score (nSPS) is 15.7. The first-order valence-electron chi connectivity index (χ1n) is 8.65. The summed E-state index contributed by atoms with van der Waals surface area (Å²) in [7, 11) is 3.50. The second kappa shape index (κ2) is 9.01. The monoisotopic (exact) mass is 476 g/mol. The van der Waals surface area contributed by atoms with Crippen LogP contribution in [0.1, 0.15) is 39.2 Å². The third kappa shape index (κ3) is 6.10. The highest BCUT2D eigenvalue weighted by atomic mass is 127. The van der Waals surface area contributed by atoms with Gasteiger partial charge in [0.2, 0.25) is 5.91 Å². The Balaban J connectivity index is 0.00000338. The van der Waals surface area contributed by atoms with Crippen LogP contribution in [0.4, 0.5) is 4.39 Å². The summed E-state index contributed by atoms with van der Waals surface area (Å²) in [6, 6.07) is 6.94. The Hall–Kier alpha value is -1.38. The summed E-state index contributed by atoms with van der Waals surface area (Å²) in [6.07, 6.45) is 1.90. The molecule has 0 bridgehead atoms. The van der Waals surface area contributed by atoms with Crippen molar-refractivity contribution in [1.82, 2.24) is 15.5 Å². The molecule has 0 radical (unpaired) electrons. The molecule has 1 aromatic carbocycles. The third-order valence-corrected chi connectivity index (χ3v) is 4.35. The Kier molecular flexibility index (Phi) is 7.85. The lowest BCUT2D eigenvalue weighted by Gasteiger charge is -2.26. The summed E-state index contributed by atoms with van der Waals surface area (Å²) >= 11 is 0. The average molecular weight is 476 g/mol. The minimum Gasteiger partial charge on any atom is -0.355 e. The molecule has 1 fully saturated rings. The molecular formula is C19H30FIN4O. The molecule has 1 amide bonds. The zero-order valence-corrected chi connectivity index (χ0v) is 18.6. The van der Waals surface area contributed by atoms with Crippen molar-refractivity contribution in [3.05, 3.63) is 35.6 Å². The highest BCUT2D eigenvalue weighted by Crippen LogP contribution is 2.48. The Morgan fingerprint density at radius 2 is 1.92 bits per heavy atom. The minimum absolute atomic E-state index is 0. The first kappa shape index (κ1) is 22.7. The smallest absolute Gasteiger partial charge is 0.240 e. The molecule has 0 unspecified atom stereocenters. The first-order valence-corrected chi connectivity index (χ1v) is 8.65. The quantitative estimate of drug-likeness (QED) is 0.391. The molecule has 0 saturated heterocycles. The van der Waals surface area contributed by atoms with Gasteiger partial charge in [0.1, 0.15) is 5.82 Å².